The van der Waals surface area contributed by atoms with Gasteiger partial charge in [0, 0.05) is 18.6 Å². The van der Waals surface area contributed by atoms with Gasteiger partial charge in [-0.2, -0.15) is 0 Å². The molecule has 7 nitrogen and oxygen atoms in total. The molecular weight excluding hydrogens is 296 g/mol. The van der Waals surface area contributed by atoms with E-state index in [1.54, 1.807) is 12.1 Å². The number of aromatic nitrogens is 3. The van der Waals surface area contributed by atoms with E-state index in [1.807, 2.05) is 6.92 Å². The first-order valence-corrected chi connectivity index (χ1v) is 6.87. The number of nitrogens with zero attached hydrogens (tertiary/aromatic N) is 2. The lowest BCUT2D eigenvalue weighted by Gasteiger charge is -2.19. The minimum atomic E-state index is -0.440. The second-order valence-corrected chi connectivity index (χ2v) is 4.80. The third kappa shape index (κ3) is 2.78. The predicted octanol–water partition coefficient (Wildman–Crippen LogP) is 2.04. The fraction of sp³-hybridized carbons (Fsp3) is 0.308. The molecule has 0 saturated heterocycles. The number of benzene rings is 1. The van der Waals surface area contributed by atoms with E-state index in [1.165, 1.54) is 0 Å². The van der Waals surface area contributed by atoms with E-state index >= 15 is 0 Å². The lowest BCUT2D eigenvalue weighted by Crippen LogP contribution is -2.17. The minimum Gasteiger partial charge on any atom is -0.486 e. The standard InChI is InChI=1S/C13H13ClN4O3/c1-2-11-16-12(18-17-11)13(19)15-8-6-10-9(5-7(8)14)20-3-4-21-10/h5-6H,2-4H2,1H3,(H,15,19)(H,16,17,18). The van der Waals surface area contributed by atoms with Gasteiger partial charge in [-0.1, -0.05) is 18.5 Å². The highest BCUT2D eigenvalue weighted by Gasteiger charge is 2.18. The number of nitrogens with one attached hydrogen (secondary N) is 2. The molecule has 0 fully saturated rings. The van der Waals surface area contributed by atoms with E-state index in [4.69, 9.17) is 21.1 Å². The molecular formula is C13H13ClN4O3. The first-order chi connectivity index (χ1) is 10.2. The molecule has 1 amide bonds. The molecule has 0 bridgehead atoms. The van der Waals surface area contributed by atoms with Gasteiger partial charge in [-0.05, 0) is 0 Å². The van der Waals surface area contributed by atoms with Crippen molar-refractivity contribution < 1.29 is 14.3 Å². The summed E-state index contributed by atoms with van der Waals surface area (Å²) in [5.41, 5.74) is 0.425. The molecule has 0 atom stereocenters. The van der Waals surface area contributed by atoms with Crippen LogP contribution in [0.5, 0.6) is 11.5 Å². The van der Waals surface area contributed by atoms with Crippen molar-refractivity contribution in [1.82, 2.24) is 15.2 Å². The van der Waals surface area contributed by atoms with Crippen molar-refractivity contribution in [2.45, 2.75) is 13.3 Å². The van der Waals surface area contributed by atoms with Gasteiger partial charge in [0.15, 0.2) is 11.5 Å². The van der Waals surface area contributed by atoms with Gasteiger partial charge in [0.25, 0.3) is 5.91 Å². The molecule has 0 spiro atoms. The second kappa shape index (κ2) is 5.61. The zero-order valence-corrected chi connectivity index (χ0v) is 12.0. The van der Waals surface area contributed by atoms with Gasteiger partial charge in [0.1, 0.15) is 19.0 Å². The van der Waals surface area contributed by atoms with Crippen molar-refractivity contribution in [2.24, 2.45) is 0 Å². The Morgan fingerprint density at radius 3 is 2.76 bits per heavy atom. The molecule has 2 heterocycles. The van der Waals surface area contributed by atoms with Crippen molar-refractivity contribution in [3.05, 3.63) is 28.8 Å². The van der Waals surface area contributed by atoms with E-state index in [-0.39, 0.29) is 5.82 Å². The molecule has 0 aliphatic carbocycles. The number of ether oxygens (including phenoxy) is 2. The molecule has 0 unspecified atom stereocenters. The van der Waals surface area contributed by atoms with Crippen LogP contribution in [0.25, 0.3) is 0 Å². The molecule has 0 radical (unpaired) electrons. The maximum Gasteiger partial charge on any atom is 0.295 e. The molecule has 0 saturated carbocycles. The number of hydrogen-bond acceptors (Lipinski definition) is 5. The Hall–Kier alpha value is -2.28. The number of carbonyl (C=O) groups excluding carboxylic acids is 1. The van der Waals surface area contributed by atoms with Gasteiger partial charge in [-0.3, -0.25) is 9.89 Å². The number of fused-ring (bicyclic) bond motifs is 1. The molecule has 1 aliphatic rings. The van der Waals surface area contributed by atoms with E-state index in [0.29, 0.717) is 47.7 Å². The zero-order chi connectivity index (χ0) is 14.8. The van der Waals surface area contributed by atoms with Crippen LogP contribution in [0.3, 0.4) is 0 Å². The minimum absolute atomic E-state index is 0.0674. The number of H-pyrrole nitrogens is 1. The Kier molecular flexibility index (Phi) is 3.66. The molecule has 2 N–H and O–H groups in total. The van der Waals surface area contributed by atoms with Crippen molar-refractivity contribution >= 4 is 23.2 Å². The smallest absolute Gasteiger partial charge is 0.295 e. The number of anilines is 1. The number of aryl methyl sites for hydroxylation is 1. The van der Waals surface area contributed by atoms with Crippen molar-refractivity contribution in [3.8, 4) is 11.5 Å². The van der Waals surface area contributed by atoms with E-state index in [9.17, 15) is 4.79 Å². The average Bonchev–Trinajstić information content (AvgIpc) is 2.97. The first-order valence-electron chi connectivity index (χ1n) is 6.49. The van der Waals surface area contributed by atoms with Crippen LogP contribution >= 0.6 is 11.6 Å². The number of amides is 1. The third-order valence-electron chi connectivity index (χ3n) is 2.95. The Balaban J connectivity index is 1.82. The van der Waals surface area contributed by atoms with Crippen LogP contribution in [-0.4, -0.2) is 34.3 Å². The number of carbonyl (C=O) groups is 1. The van der Waals surface area contributed by atoms with E-state index < -0.39 is 5.91 Å². The van der Waals surface area contributed by atoms with Crippen molar-refractivity contribution in [3.63, 3.8) is 0 Å². The van der Waals surface area contributed by atoms with Gasteiger partial charge < -0.3 is 14.8 Å². The molecule has 1 aromatic carbocycles. The second-order valence-electron chi connectivity index (χ2n) is 4.39. The molecule has 3 rings (SSSR count). The maximum absolute atomic E-state index is 12.1. The van der Waals surface area contributed by atoms with E-state index in [0.717, 1.165) is 0 Å². The largest absolute Gasteiger partial charge is 0.486 e. The van der Waals surface area contributed by atoms with Gasteiger partial charge in [-0.15, -0.1) is 5.10 Å². The Bertz CT molecular complexity index is 686. The zero-order valence-electron chi connectivity index (χ0n) is 11.3. The summed E-state index contributed by atoms with van der Waals surface area (Å²) in [5, 5.41) is 9.56. The fourth-order valence-corrected chi connectivity index (χ4v) is 2.09. The average molecular weight is 309 g/mol. The molecule has 1 aromatic heterocycles. The topological polar surface area (TPSA) is 89.1 Å². The van der Waals surface area contributed by atoms with Crippen molar-refractivity contribution in [1.29, 1.82) is 0 Å². The molecule has 8 heteroatoms. The summed E-state index contributed by atoms with van der Waals surface area (Å²) in [5.74, 6) is 1.39. The summed E-state index contributed by atoms with van der Waals surface area (Å²) in [6.07, 6.45) is 0.672. The highest BCUT2D eigenvalue weighted by atomic mass is 35.5. The Morgan fingerprint density at radius 2 is 2.10 bits per heavy atom. The number of halogens is 1. The van der Waals surface area contributed by atoms with Gasteiger partial charge in [0.05, 0.1) is 10.7 Å². The van der Waals surface area contributed by atoms with Crippen LogP contribution in [0.2, 0.25) is 5.02 Å². The molecule has 2 aromatic rings. The van der Waals surface area contributed by atoms with E-state index in [2.05, 4.69) is 20.5 Å². The summed E-state index contributed by atoms with van der Waals surface area (Å²) >= 11 is 6.13. The van der Waals surface area contributed by atoms with Crippen LogP contribution in [0.4, 0.5) is 5.69 Å². The monoisotopic (exact) mass is 308 g/mol. The Labute approximate surface area is 125 Å². The van der Waals surface area contributed by atoms with Crippen LogP contribution in [-0.2, 0) is 6.42 Å². The Morgan fingerprint density at radius 1 is 1.38 bits per heavy atom. The molecule has 21 heavy (non-hydrogen) atoms. The summed E-state index contributed by atoms with van der Waals surface area (Å²) in [6, 6.07) is 3.24. The predicted molar refractivity (Wildman–Crippen MR) is 76.2 cm³/mol. The van der Waals surface area contributed by atoms with Crippen LogP contribution < -0.4 is 14.8 Å². The number of aromatic amines is 1. The van der Waals surface area contributed by atoms with Crippen LogP contribution in [0.1, 0.15) is 23.4 Å². The highest BCUT2D eigenvalue weighted by molar-refractivity contribution is 6.34. The van der Waals surface area contributed by atoms with Gasteiger partial charge in [-0.25, -0.2) is 4.98 Å². The normalized spacial score (nSPS) is 13.0. The SMILES string of the molecule is CCc1nc(C(=O)Nc2cc3c(cc2Cl)OCCO3)n[nH]1. The van der Waals surface area contributed by atoms with Crippen LogP contribution in [0.15, 0.2) is 12.1 Å². The quantitative estimate of drug-likeness (QED) is 0.905. The summed E-state index contributed by atoms with van der Waals surface area (Å²) in [6.45, 7) is 2.86. The maximum atomic E-state index is 12.1. The number of hydrogen-bond donors (Lipinski definition) is 2. The van der Waals surface area contributed by atoms with Crippen LogP contribution in [0, 0.1) is 0 Å². The fourth-order valence-electron chi connectivity index (χ4n) is 1.89. The summed E-state index contributed by atoms with van der Waals surface area (Å²) in [7, 11) is 0. The molecule has 1 aliphatic heterocycles. The molecule has 110 valence electrons. The van der Waals surface area contributed by atoms with Gasteiger partial charge >= 0.3 is 0 Å². The highest BCUT2D eigenvalue weighted by Crippen LogP contribution is 2.37. The van der Waals surface area contributed by atoms with Gasteiger partial charge in [0.2, 0.25) is 5.82 Å². The summed E-state index contributed by atoms with van der Waals surface area (Å²) < 4.78 is 10.9. The lowest BCUT2D eigenvalue weighted by atomic mass is 10.2. The third-order valence-corrected chi connectivity index (χ3v) is 3.26. The first kappa shape index (κ1) is 13.7. The van der Waals surface area contributed by atoms with Crippen molar-refractivity contribution in [2.75, 3.05) is 18.5 Å². The number of rotatable bonds is 3. The summed E-state index contributed by atoms with van der Waals surface area (Å²) in [4.78, 5) is 16.1. The lowest BCUT2D eigenvalue weighted by molar-refractivity contribution is 0.101.